The molecule has 3 aliphatic carbocycles. The maximum atomic E-state index is 13.6. The second-order valence-electron chi connectivity index (χ2n) is 9.54. The van der Waals surface area contributed by atoms with Crippen LogP contribution in [0.2, 0.25) is 0 Å². The molecule has 1 aromatic carbocycles. The number of Topliss-reactive ketones (excluding diaryl/α,β-unsaturated/α-hetero) is 2. The fourth-order valence-electron chi connectivity index (χ4n) is 5.68. The van der Waals surface area contributed by atoms with Crippen LogP contribution in [0.5, 0.6) is 5.75 Å². The molecule has 0 aromatic heterocycles. The van der Waals surface area contributed by atoms with Gasteiger partial charge in [0, 0.05) is 11.5 Å². The molecule has 12 nitrogen and oxygen atoms in total. The Balaban J connectivity index is 0.00000253. The topological polar surface area (TPSA) is 203 Å². The smallest absolute Gasteiger partial charge is 0.255 e. The Morgan fingerprint density at radius 3 is 2.34 bits per heavy atom. The van der Waals surface area contributed by atoms with Crippen molar-refractivity contribution < 1.29 is 39.6 Å². The number of allylic oxidation sites excluding steroid dienone is 1. The van der Waals surface area contributed by atoms with Crippen molar-refractivity contribution in [2.24, 2.45) is 17.6 Å². The zero-order valence-electron chi connectivity index (χ0n) is 20.8. The highest BCUT2D eigenvalue weighted by molar-refractivity contribution is 6.25. The molecule has 0 aliphatic heterocycles. The lowest BCUT2D eigenvalue weighted by atomic mass is 9.58. The molecule has 0 spiro atoms. The molecule has 4 rings (SSSR count). The van der Waals surface area contributed by atoms with Crippen molar-refractivity contribution in [1.82, 2.24) is 10.2 Å². The summed E-state index contributed by atoms with van der Waals surface area (Å²) in [6.07, 6.45) is 0.181. The SMILES string of the molecule is CNCC(=O)Nc1ccc2c(c1O)C(=O)C1=C(O)C3(O)C(=O)C(C(N)=O)=C(O)[C@@H](N(C)C)C3CC1C2.Cl.Cl. The molecular weight excluding hydrogens is 543 g/mol. The average molecular weight is 573 g/mol. The molecule has 0 radical (unpaired) electrons. The van der Waals surface area contributed by atoms with Crippen LogP contribution < -0.4 is 16.4 Å². The molecule has 2 amide bonds. The number of ketones is 2. The maximum Gasteiger partial charge on any atom is 0.255 e. The molecule has 1 aromatic rings. The first kappa shape index (κ1) is 31.1. The predicted molar refractivity (Wildman–Crippen MR) is 141 cm³/mol. The lowest BCUT2D eigenvalue weighted by molar-refractivity contribution is -0.148. The quantitative estimate of drug-likeness (QED) is 0.187. The van der Waals surface area contributed by atoms with Gasteiger partial charge in [-0.05, 0) is 51.5 Å². The predicted octanol–water partition coefficient (Wildman–Crippen LogP) is 0.122. The van der Waals surface area contributed by atoms with Crippen LogP contribution in [-0.4, -0.2) is 88.0 Å². The van der Waals surface area contributed by atoms with E-state index in [1.54, 1.807) is 27.2 Å². The molecule has 208 valence electrons. The van der Waals surface area contributed by atoms with E-state index in [4.69, 9.17) is 5.73 Å². The number of phenolic OH excluding ortho intramolecular Hbond substituents is 1. The number of nitrogens with one attached hydrogen (secondary N) is 2. The number of hydrogen-bond acceptors (Lipinski definition) is 10. The summed E-state index contributed by atoms with van der Waals surface area (Å²) >= 11 is 0. The molecule has 0 saturated heterocycles. The first-order valence-corrected chi connectivity index (χ1v) is 11.3. The van der Waals surface area contributed by atoms with Gasteiger partial charge in [0.25, 0.3) is 5.91 Å². The highest BCUT2D eigenvalue weighted by Gasteiger charge is 2.63. The molecule has 3 unspecified atom stereocenters. The minimum Gasteiger partial charge on any atom is -0.510 e. The van der Waals surface area contributed by atoms with E-state index in [1.165, 1.54) is 11.0 Å². The van der Waals surface area contributed by atoms with Gasteiger partial charge in [0.2, 0.25) is 11.7 Å². The number of nitrogens with zero attached hydrogens (tertiary/aromatic N) is 1. The summed E-state index contributed by atoms with van der Waals surface area (Å²) in [6, 6.07) is 1.99. The number of phenols is 1. The summed E-state index contributed by atoms with van der Waals surface area (Å²) in [5.41, 5.74) is 1.77. The number of anilines is 1. The van der Waals surface area contributed by atoms with Gasteiger partial charge in [-0.25, -0.2) is 0 Å². The van der Waals surface area contributed by atoms with E-state index >= 15 is 0 Å². The van der Waals surface area contributed by atoms with Crippen LogP contribution in [0, 0.1) is 11.8 Å². The molecule has 38 heavy (non-hydrogen) atoms. The van der Waals surface area contributed by atoms with E-state index < -0.39 is 69.7 Å². The second kappa shape index (κ2) is 10.9. The number of aromatic hydroxyl groups is 1. The third-order valence-corrected chi connectivity index (χ3v) is 7.21. The Hall–Kier alpha value is -3.16. The van der Waals surface area contributed by atoms with Crippen molar-refractivity contribution in [2.75, 3.05) is 33.0 Å². The number of fused-ring (bicyclic) bond motifs is 3. The molecule has 0 fully saturated rings. The van der Waals surface area contributed by atoms with Gasteiger partial charge in [0.15, 0.2) is 17.1 Å². The monoisotopic (exact) mass is 572 g/mol. The Labute approximate surface area is 230 Å². The number of primary amides is 1. The summed E-state index contributed by atoms with van der Waals surface area (Å²) in [6.45, 7) is -0.0371. The Kier molecular flexibility index (Phi) is 8.92. The third-order valence-electron chi connectivity index (χ3n) is 7.21. The van der Waals surface area contributed by atoms with Gasteiger partial charge < -0.3 is 36.8 Å². The van der Waals surface area contributed by atoms with Crippen LogP contribution in [0.1, 0.15) is 22.3 Å². The van der Waals surface area contributed by atoms with Crippen molar-refractivity contribution in [1.29, 1.82) is 0 Å². The standard InChI is InChI=1S/C24H28N4O8.2ClH/c1-26-8-13(29)27-12-5-4-9-6-10-7-11-17(28(2)3)20(32)16(23(25)35)22(34)24(11,36)21(33)15(10)19(31)14(9)18(12)30;;/h4-5,10-11,17,26,30,32-33,36H,6-8H2,1-3H3,(H2,25,35)(H,27,29);2*1H/t10?,11?,17-,24?;;/m0../s1. The van der Waals surface area contributed by atoms with Gasteiger partial charge >= 0.3 is 0 Å². The van der Waals surface area contributed by atoms with Crippen LogP contribution in [0.3, 0.4) is 0 Å². The number of hydrogen-bond donors (Lipinski definition) is 7. The molecule has 8 N–H and O–H groups in total. The van der Waals surface area contributed by atoms with E-state index in [-0.39, 0.29) is 61.0 Å². The van der Waals surface area contributed by atoms with Crippen molar-refractivity contribution in [3.63, 3.8) is 0 Å². The zero-order valence-corrected chi connectivity index (χ0v) is 22.4. The van der Waals surface area contributed by atoms with E-state index in [9.17, 15) is 39.6 Å². The first-order valence-electron chi connectivity index (χ1n) is 11.3. The summed E-state index contributed by atoms with van der Waals surface area (Å²) in [4.78, 5) is 52.3. The number of aliphatic hydroxyl groups excluding tert-OH is 2. The fourth-order valence-corrected chi connectivity index (χ4v) is 5.68. The van der Waals surface area contributed by atoms with Crippen molar-refractivity contribution in [2.45, 2.75) is 24.5 Å². The third kappa shape index (κ3) is 4.41. The van der Waals surface area contributed by atoms with E-state index in [0.717, 1.165) is 0 Å². The number of benzene rings is 1. The van der Waals surface area contributed by atoms with Crippen LogP contribution in [0.25, 0.3) is 0 Å². The highest BCUT2D eigenvalue weighted by atomic mass is 35.5. The number of rotatable bonds is 5. The minimum atomic E-state index is -2.70. The van der Waals surface area contributed by atoms with E-state index in [0.29, 0.717) is 5.56 Å². The maximum absolute atomic E-state index is 13.6. The Morgan fingerprint density at radius 2 is 1.79 bits per heavy atom. The number of aliphatic hydroxyl groups is 3. The van der Waals surface area contributed by atoms with Crippen LogP contribution >= 0.6 is 24.8 Å². The molecule has 0 saturated carbocycles. The molecule has 4 atom stereocenters. The lowest BCUT2D eigenvalue weighted by Gasteiger charge is -2.50. The molecular formula is C24H30Cl2N4O8. The molecule has 14 heteroatoms. The lowest BCUT2D eigenvalue weighted by Crippen LogP contribution is -2.63. The number of amides is 2. The van der Waals surface area contributed by atoms with Gasteiger partial charge in [0.05, 0.1) is 23.8 Å². The van der Waals surface area contributed by atoms with Gasteiger partial charge in [0.1, 0.15) is 17.1 Å². The average Bonchev–Trinajstić information content (AvgIpc) is 2.78. The molecule has 0 bridgehead atoms. The number of halogens is 2. The Bertz CT molecular complexity index is 1280. The van der Waals surface area contributed by atoms with Gasteiger partial charge in [-0.2, -0.15) is 0 Å². The summed E-state index contributed by atoms with van der Waals surface area (Å²) in [5, 5.41) is 49.5. The second-order valence-corrected chi connectivity index (χ2v) is 9.54. The zero-order chi connectivity index (χ0) is 26.7. The normalized spacial score (nSPS) is 26.1. The Morgan fingerprint density at radius 1 is 1.16 bits per heavy atom. The summed E-state index contributed by atoms with van der Waals surface area (Å²) in [5.74, 6) is -7.66. The molecule has 0 heterocycles. The molecule has 3 aliphatic rings. The van der Waals surface area contributed by atoms with Gasteiger partial charge in [-0.15, -0.1) is 24.8 Å². The number of carbonyl (C=O) groups excluding carboxylic acids is 4. The van der Waals surface area contributed by atoms with Crippen molar-refractivity contribution in [3.05, 3.63) is 45.9 Å². The number of nitrogens with two attached hydrogens (primary N) is 1. The highest BCUT2D eigenvalue weighted by Crippen LogP contribution is 2.52. The minimum absolute atomic E-state index is 0. The number of likely N-dealkylation sites (N-methyl/N-ethyl adjacent to an activating group) is 2. The van der Waals surface area contributed by atoms with E-state index in [1.807, 2.05) is 0 Å². The van der Waals surface area contributed by atoms with Crippen molar-refractivity contribution in [3.8, 4) is 5.75 Å². The van der Waals surface area contributed by atoms with Crippen LogP contribution in [0.4, 0.5) is 5.69 Å². The van der Waals surface area contributed by atoms with Crippen molar-refractivity contribution >= 4 is 53.9 Å². The van der Waals surface area contributed by atoms with E-state index in [2.05, 4.69) is 10.6 Å². The largest absolute Gasteiger partial charge is 0.510 e. The van der Waals surface area contributed by atoms with Gasteiger partial charge in [-0.1, -0.05) is 6.07 Å². The van der Waals surface area contributed by atoms with Crippen LogP contribution in [-0.2, 0) is 20.8 Å². The van der Waals surface area contributed by atoms with Crippen LogP contribution in [0.15, 0.2) is 34.8 Å². The fraction of sp³-hybridized carbons (Fsp3) is 0.417. The summed E-state index contributed by atoms with van der Waals surface area (Å²) in [7, 11) is 4.70. The number of carbonyl (C=O) groups is 4. The van der Waals surface area contributed by atoms with Gasteiger partial charge in [-0.3, -0.25) is 24.1 Å². The first-order chi connectivity index (χ1) is 16.9. The summed E-state index contributed by atoms with van der Waals surface area (Å²) < 4.78 is 0.